The van der Waals surface area contributed by atoms with Crippen molar-refractivity contribution in [1.29, 1.82) is 0 Å². The van der Waals surface area contributed by atoms with Crippen molar-refractivity contribution >= 4 is 7.60 Å². The number of hydrogen-bond acceptors (Lipinski definition) is 4. The summed E-state index contributed by atoms with van der Waals surface area (Å²) < 4.78 is 27.4. The number of benzene rings is 1. The van der Waals surface area contributed by atoms with E-state index in [1.807, 2.05) is 30.3 Å². The van der Waals surface area contributed by atoms with Gasteiger partial charge in [0.15, 0.2) is 0 Å². The summed E-state index contributed by atoms with van der Waals surface area (Å²) in [5.41, 5.74) is 3.59. The number of ether oxygens (including phenoxy) is 1. The average molecular weight is 282 g/mol. The summed E-state index contributed by atoms with van der Waals surface area (Å²) >= 11 is 0. The lowest BCUT2D eigenvalue weighted by Gasteiger charge is -2.09. The monoisotopic (exact) mass is 282 g/mol. The zero-order valence-electron chi connectivity index (χ0n) is 11.3. The molecule has 0 aromatic heterocycles. The van der Waals surface area contributed by atoms with Crippen LogP contribution in [0.15, 0.2) is 30.3 Å². The molecule has 0 heterocycles. The van der Waals surface area contributed by atoms with E-state index in [-0.39, 0.29) is 6.61 Å². The molecule has 0 atom stereocenters. The van der Waals surface area contributed by atoms with E-state index in [4.69, 9.17) is 13.8 Å². The van der Waals surface area contributed by atoms with Crippen molar-refractivity contribution in [1.82, 2.24) is 0 Å². The largest absolute Gasteiger partial charge is 0.405 e. The molecule has 0 amide bonds. The van der Waals surface area contributed by atoms with Crippen molar-refractivity contribution in [3.05, 3.63) is 35.9 Å². The molecule has 104 valence electrons. The molecule has 0 saturated heterocycles. The van der Waals surface area contributed by atoms with E-state index in [1.54, 1.807) is 13.8 Å². The highest BCUT2D eigenvalue weighted by Gasteiger charge is 2.19. The molecule has 0 spiro atoms. The first-order chi connectivity index (χ1) is 9.20. The summed E-state index contributed by atoms with van der Waals surface area (Å²) in [6, 6.07) is 9.78. The highest BCUT2D eigenvalue weighted by atomic mass is 31.2. The van der Waals surface area contributed by atoms with Crippen LogP contribution < -0.4 is 0 Å². The minimum atomic E-state index is -3.27. The maximum absolute atomic E-state index is 12.0. The van der Waals surface area contributed by atoms with Crippen LogP contribution in [0.1, 0.15) is 19.4 Å². The molecule has 0 aliphatic carbocycles. The summed E-state index contributed by atoms with van der Waals surface area (Å²) in [7, 11) is -3.27. The van der Waals surface area contributed by atoms with E-state index in [1.165, 1.54) is 0 Å². The molecule has 1 rings (SSSR count). The molecule has 1 aromatic carbocycles. The lowest BCUT2D eigenvalue weighted by molar-refractivity contribution is 0.153. The second-order valence-electron chi connectivity index (χ2n) is 3.60. The summed E-state index contributed by atoms with van der Waals surface area (Å²) in [6.45, 7) is 4.77. The Morgan fingerprint density at radius 2 is 1.74 bits per heavy atom. The van der Waals surface area contributed by atoms with Gasteiger partial charge in [-0.1, -0.05) is 36.3 Å². The Bertz CT molecular complexity index is 451. The van der Waals surface area contributed by atoms with Crippen molar-refractivity contribution < 1.29 is 18.3 Å². The van der Waals surface area contributed by atoms with E-state index in [0.29, 0.717) is 19.8 Å². The first-order valence-corrected chi connectivity index (χ1v) is 7.75. The van der Waals surface area contributed by atoms with Gasteiger partial charge in [0.05, 0.1) is 19.8 Å². The quantitative estimate of drug-likeness (QED) is 0.436. The van der Waals surface area contributed by atoms with Crippen LogP contribution in [0.2, 0.25) is 0 Å². The Balaban J connectivity index is 2.39. The van der Waals surface area contributed by atoms with Gasteiger partial charge in [0.2, 0.25) is 0 Å². The highest BCUT2D eigenvalue weighted by molar-refractivity contribution is 7.59. The molecular weight excluding hydrogens is 263 g/mol. The number of hydrogen-bond donors (Lipinski definition) is 0. The molecule has 0 fully saturated rings. The Morgan fingerprint density at radius 3 is 2.32 bits per heavy atom. The fourth-order valence-corrected chi connectivity index (χ4v) is 2.51. The molecule has 0 aliphatic rings. The zero-order chi connectivity index (χ0) is 14.0. The van der Waals surface area contributed by atoms with Gasteiger partial charge >= 0.3 is 7.60 Å². The average Bonchev–Trinajstić information content (AvgIpc) is 2.40. The zero-order valence-corrected chi connectivity index (χ0v) is 12.2. The van der Waals surface area contributed by atoms with Crippen LogP contribution in [-0.4, -0.2) is 19.8 Å². The first-order valence-electron chi connectivity index (χ1n) is 6.21. The fraction of sp³-hybridized carbons (Fsp3) is 0.429. The Labute approximate surface area is 114 Å². The van der Waals surface area contributed by atoms with Crippen molar-refractivity contribution in [2.45, 2.75) is 20.5 Å². The second-order valence-corrected chi connectivity index (χ2v) is 5.33. The van der Waals surface area contributed by atoms with Crippen molar-refractivity contribution in [2.75, 3.05) is 19.8 Å². The summed E-state index contributed by atoms with van der Waals surface area (Å²) in [5, 5.41) is 0. The van der Waals surface area contributed by atoms with Gasteiger partial charge in [0.25, 0.3) is 0 Å². The standard InChI is InChI=1S/C14H19O4P/c1-3-17-19(15,18-4-2)12-8-11-16-13-14-9-6-5-7-10-14/h5-7,9-10H,3-4,11,13H2,1-2H3. The van der Waals surface area contributed by atoms with Crippen LogP contribution >= 0.6 is 7.60 Å². The second kappa shape index (κ2) is 8.90. The lowest BCUT2D eigenvalue weighted by Crippen LogP contribution is -1.95. The molecule has 19 heavy (non-hydrogen) atoms. The first kappa shape index (κ1) is 15.9. The van der Waals surface area contributed by atoms with Crippen LogP contribution in [0.25, 0.3) is 0 Å². The molecular formula is C14H19O4P. The van der Waals surface area contributed by atoms with E-state index in [0.717, 1.165) is 5.56 Å². The van der Waals surface area contributed by atoms with Gasteiger partial charge in [0.1, 0.15) is 6.61 Å². The van der Waals surface area contributed by atoms with Gasteiger partial charge in [-0.15, -0.1) is 0 Å². The maximum atomic E-state index is 12.0. The molecule has 0 aliphatic heterocycles. The van der Waals surface area contributed by atoms with Gasteiger partial charge < -0.3 is 4.74 Å². The molecule has 5 heteroatoms. The topological polar surface area (TPSA) is 44.8 Å². The third-order valence-corrected chi connectivity index (χ3v) is 3.73. The normalized spacial score (nSPS) is 10.8. The van der Waals surface area contributed by atoms with Gasteiger partial charge in [0, 0.05) is 5.66 Å². The molecule has 0 N–H and O–H groups in total. The summed E-state index contributed by atoms with van der Waals surface area (Å²) in [5.74, 6) is 2.68. The predicted molar refractivity (Wildman–Crippen MR) is 74.7 cm³/mol. The smallest absolute Gasteiger partial charge is 0.364 e. The fourth-order valence-electron chi connectivity index (χ4n) is 1.36. The summed E-state index contributed by atoms with van der Waals surface area (Å²) in [4.78, 5) is 0. The molecule has 0 radical (unpaired) electrons. The third-order valence-electron chi connectivity index (χ3n) is 2.10. The molecule has 4 nitrogen and oxygen atoms in total. The lowest BCUT2D eigenvalue weighted by atomic mass is 10.2. The molecule has 0 bridgehead atoms. The molecule has 0 unspecified atom stereocenters. The van der Waals surface area contributed by atoms with Crippen LogP contribution in [0.3, 0.4) is 0 Å². The highest BCUT2D eigenvalue weighted by Crippen LogP contribution is 2.46. The maximum Gasteiger partial charge on any atom is 0.405 e. The van der Waals surface area contributed by atoms with Crippen LogP contribution in [0.5, 0.6) is 0 Å². The van der Waals surface area contributed by atoms with Crippen LogP contribution in [-0.2, 0) is 25.0 Å². The van der Waals surface area contributed by atoms with E-state index < -0.39 is 7.60 Å². The van der Waals surface area contributed by atoms with Gasteiger partial charge in [-0.3, -0.25) is 9.05 Å². The van der Waals surface area contributed by atoms with Gasteiger partial charge in [-0.25, -0.2) is 4.57 Å². The summed E-state index contributed by atoms with van der Waals surface area (Å²) in [6.07, 6.45) is 0. The SMILES string of the molecule is CCOP(=O)(C#CCOCc1ccccc1)OCC. The van der Waals surface area contributed by atoms with Crippen molar-refractivity contribution in [3.63, 3.8) is 0 Å². The number of rotatable bonds is 7. The van der Waals surface area contributed by atoms with E-state index >= 15 is 0 Å². The van der Waals surface area contributed by atoms with Gasteiger partial charge in [-0.05, 0) is 19.4 Å². The molecule has 0 saturated carbocycles. The third kappa shape index (κ3) is 6.56. The Hall–Kier alpha value is -1.11. The van der Waals surface area contributed by atoms with E-state index in [9.17, 15) is 4.57 Å². The minimum absolute atomic E-state index is 0.193. The van der Waals surface area contributed by atoms with Crippen LogP contribution in [0, 0.1) is 11.6 Å². The van der Waals surface area contributed by atoms with Gasteiger partial charge in [-0.2, -0.15) is 0 Å². The predicted octanol–water partition coefficient (Wildman–Crippen LogP) is 3.43. The van der Waals surface area contributed by atoms with E-state index in [2.05, 4.69) is 11.6 Å². The molecule has 1 aromatic rings. The Morgan fingerprint density at radius 1 is 1.11 bits per heavy atom. The van der Waals surface area contributed by atoms with Crippen LogP contribution in [0.4, 0.5) is 0 Å². The van der Waals surface area contributed by atoms with Crippen molar-refractivity contribution in [3.8, 4) is 11.6 Å². The van der Waals surface area contributed by atoms with Crippen molar-refractivity contribution in [2.24, 2.45) is 0 Å². The minimum Gasteiger partial charge on any atom is -0.364 e. The Kier molecular flexibility index (Phi) is 7.47.